The van der Waals surface area contributed by atoms with Gasteiger partial charge < -0.3 is 20.1 Å². The first-order valence-corrected chi connectivity index (χ1v) is 16.0. The number of carbonyl (C=O) groups excluding carboxylic acids is 1. The summed E-state index contributed by atoms with van der Waals surface area (Å²) in [4.78, 5) is 16.4. The molecule has 4 atom stereocenters. The van der Waals surface area contributed by atoms with Gasteiger partial charge in [0.2, 0.25) is 0 Å². The molecule has 0 radical (unpaired) electrons. The molecule has 39 heavy (non-hydrogen) atoms. The molecule has 3 N–H and O–H groups in total. The number of hydrogen-bond acceptors (Lipinski definition) is 7. The summed E-state index contributed by atoms with van der Waals surface area (Å²) < 4.78 is 5.65. The number of nitrogens with zero attached hydrogens (tertiary/aromatic N) is 2. The van der Waals surface area contributed by atoms with E-state index in [1.165, 1.54) is 57.8 Å². The monoisotopic (exact) mass is 556 g/mol. The highest BCUT2D eigenvalue weighted by molar-refractivity contribution is 5.69. The van der Waals surface area contributed by atoms with Crippen LogP contribution in [-0.4, -0.2) is 94.8 Å². The number of esters is 1. The number of aliphatic hydroxyl groups is 3. The second kappa shape index (κ2) is 25.9. The molecule has 0 bridgehead atoms. The lowest BCUT2D eigenvalue weighted by Gasteiger charge is -2.31. The van der Waals surface area contributed by atoms with Crippen molar-refractivity contribution in [3.63, 3.8) is 0 Å². The van der Waals surface area contributed by atoms with Crippen molar-refractivity contribution in [2.45, 2.75) is 149 Å². The number of unbranched alkanes of at least 4 members (excludes halogenated alkanes) is 11. The smallest absolute Gasteiger partial charge is 0.306 e. The Balaban J connectivity index is 4.05. The van der Waals surface area contributed by atoms with Crippen molar-refractivity contribution < 1.29 is 24.9 Å². The Morgan fingerprint density at radius 1 is 0.641 bits per heavy atom. The van der Waals surface area contributed by atoms with Crippen molar-refractivity contribution in [3.05, 3.63) is 12.2 Å². The van der Waals surface area contributed by atoms with Crippen LogP contribution < -0.4 is 0 Å². The molecule has 4 unspecified atom stereocenters. The van der Waals surface area contributed by atoms with Crippen LogP contribution in [0.3, 0.4) is 0 Å². The lowest BCUT2D eigenvalue weighted by molar-refractivity contribution is -0.149. The predicted octanol–water partition coefficient (Wildman–Crippen LogP) is 5.70. The summed E-state index contributed by atoms with van der Waals surface area (Å²) in [5.74, 6) is -0.151. The Labute approximate surface area is 241 Å². The van der Waals surface area contributed by atoms with Crippen LogP contribution in [0.1, 0.15) is 125 Å². The summed E-state index contributed by atoms with van der Waals surface area (Å²) in [6.07, 6.45) is 19.4. The Morgan fingerprint density at radius 3 is 1.51 bits per heavy atom. The fraction of sp³-hybridized carbons (Fsp3) is 0.906. The molecular weight excluding hydrogens is 492 g/mol. The van der Waals surface area contributed by atoms with Gasteiger partial charge in [-0.05, 0) is 59.8 Å². The number of rotatable bonds is 27. The van der Waals surface area contributed by atoms with E-state index < -0.39 is 18.3 Å². The third-order valence-corrected chi connectivity index (χ3v) is 6.79. The summed E-state index contributed by atoms with van der Waals surface area (Å²) in [6.45, 7) is 12.7. The minimum Gasteiger partial charge on any atom is -0.461 e. The van der Waals surface area contributed by atoms with Crippen LogP contribution in [0.5, 0.6) is 0 Å². The van der Waals surface area contributed by atoms with Gasteiger partial charge in [0.05, 0.1) is 18.3 Å². The van der Waals surface area contributed by atoms with Crippen molar-refractivity contribution in [1.82, 2.24) is 9.80 Å². The lowest BCUT2D eigenvalue weighted by Crippen LogP contribution is -2.45. The highest BCUT2D eigenvalue weighted by atomic mass is 16.5. The highest BCUT2D eigenvalue weighted by Gasteiger charge is 2.18. The number of ether oxygens (including phenoxy) is 1. The highest BCUT2D eigenvalue weighted by Crippen LogP contribution is 2.11. The second-order valence-corrected chi connectivity index (χ2v) is 11.7. The molecule has 0 amide bonds. The van der Waals surface area contributed by atoms with E-state index in [-0.39, 0.29) is 12.1 Å². The lowest BCUT2D eigenvalue weighted by atomic mass is 10.1. The van der Waals surface area contributed by atoms with E-state index in [9.17, 15) is 20.1 Å². The predicted molar refractivity (Wildman–Crippen MR) is 163 cm³/mol. The van der Waals surface area contributed by atoms with Gasteiger partial charge in [0, 0.05) is 45.7 Å². The molecular formula is C32H64N2O5. The summed E-state index contributed by atoms with van der Waals surface area (Å²) in [6, 6.07) is 0. The summed E-state index contributed by atoms with van der Waals surface area (Å²) in [7, 11) is 0. The summed E-state index contributed by atoms with van der Waals surface area (Å²) >= 11 is 0. The molecule has 0 aromatic carbocycles. The molecule has 0 aromatic heterocycles. The zero-order valence-corrected chi connectivity index (χ0v) is 26.2. The molecule has 0 heterocycles. The summed E-state index contributed by atoms with van der Waals surface area (Å²) in [5.41, 5.74) is 0. The van der Waals surface area contributed by atoms with E-state index in [1.807, 2.05) is 11.8 Å². The van der Waals surface area contributed by atoms with Gasteiger partial charge in [-0.2, -0.15) is 0 Å². The van der Waals surface area contributed by atoms with Crippen LogP contribution in [0.15, 0.2) is 12.2 Å². The van der Waals surface area contributed by atoms with E-state index in [4.69, 9.17) is 4.74 Å². The molecule has 0 aliphatic heterocycles. The van der Waals surface area contributed by atoms with Gasteiger partial charge in [-0.15, -0.1) is 0 Å². The van der Waals surface area contributed by atoms with Gasteiger partial charge in [0.15, 0.2) is 0 Å². The van der Waals surface area contributed by atoms with E-state index >= 15 is 0 Å². The number of aliphatic hydroxyl groups excluding tert-OH is 3. The molecule has 0 saturated heterocycles. The van der Waals surface area contributed by atoms with Crippen LogP contribution in [0.25, 0.3) is 0 Å². The van der Waals surface area contributed by atoms with Crippen LogP contribution >= 0.6 is 0 Å². The number of allylic oxidation sites excluding steroid dienone is 2. The van der Waals surface area contributed by atoms with E-state index in [0.29, 0.717) is 45.7 Å². The van der Waals surface area contributed by atoms with E-state index in [2.05, 4.69) is 24.0 Å². The fourth-order valence-corrected chi connectivity index (χ4v) is 4.94. The number of hydrogen-bond donors (Lipinski definition) is 3. The van der Waals surface area contributed by atoms with Crippen LogP contribution in [0.4, 0.5) is 0 Å². The molecule has 7 nitrogen and oxygen atoms in total. The van der Waals surface area contributed by atoms with Crippen LogP contribution in [0.2, 0.25) is 0 Å². The number of carbonyl (C=O) groups is 1. The van der Waals surface area contributed by atoms with Crippen molar-refractivity contribution in [2.75, 3.05) is 39.3 Å². The van der Waals surface area contributed by atoms with Crippen LogP contribution in [0, 0.1) is 0 Å². The average molecular weight is 557 g/mol. The second-order valence-electron chi connectivity index (χ2n) is 11.7. The maximum Gasteiger partial charge on any atom is 0.306 e. The zero-order chi connectivity index (χ0) is 29.3. The molecule has 7 heteroatoms. The Bertz CT molecular complexity index is 573. The maximum absolute atomic E-state index is 12.3. The minimum absolute atomic E-state index is 0.151. The molecule has 0 rings (SSSR count). The first-order chi connectivity index (χ1) is 18.6. The molecule has 232 valence electrons. The van der Waals surface area contributed by atoms with Gasteiger partial charge in [0.1, 0.15) is 6.10 Å². The average Bonchev–Trinajstić information content (AvgIpc) is 2.83. The maximum atomic E-state index is 12.3. The van der Waals surface area contributed by atoms with Gasteiger partial charge in [-0.1, -0.05) is 70.4 Å². The third kappa shape index (κ3) is 27.0. The molecule has 0 spiro atoms. The molecule has 0 aromatic rings. The molecule has 0 aliphatic carbocycles. The minimum atomic E-state index is -0.495. The van der Waals surface area contributed by atoms with Gasteiger partial charge in [0.25, 0.3) is 0 Å². The molecule has 0 saturated carbocycles. The first kappa shape index (κ1) is 38.0. The SMILES string of the molecule is CCCCCCCC/C=C\CCCCCCCC(=O)OC(C)CN(CCN(CC(C)O)CC(C)O)CC(C)O. The van der Waals surface area contributed by atoms with Crippen molar-refractivity contribution in [1.29, 1.82) is 0 Å². The van der Waals surface area contributed by atoms with Gasteiger partial charge >= 0.3 is 5.97 Å². The topological polar surface area (TPSA) is 93.5 Å². The fourth-order valence-electron chi connectivity index (χ4n) is 4.94. The largest absolute Gasteiger partial charge is 0.461 e. The Kier molecular flexibility index (Phi) is 25.3. The van der Waals surface area contributed by atoms with E-state index in [1.54, 1.807) is 20.8 Å². The van der Waals surface area contributed by atoms with Gasteiger partial charge in [-0.25, -0.2) is 0 Å². The van der Waals surface area contributed by atoms with Crippen LogP contribution in [-0.2, 0) is 9.53 Å². The van der Waals surface area contributed by atoms with Crippen molar-refractivity contribution >= 4 is 5.97 Å². The van der Waals surface area contributed by atoms with Crippen molar-refractivity contribution in [3.8, 4) is 0 Å². The Hall–Kier alpha value is -0.990. The van der Waals surface area contributed by atoms with Crippen molar-refractivity contribution in [2.24, 2.45) is 0 Å². The van der Waals surface area contributed by atoms with E-state index in [0.717, 1.165) is 25.7 Å². The Morgan fingerprint density at radius 2 is 1.05 bits per heavy atom. The van der Waals surface area contributed by atoms with Gasteiger partial charge in [-0.3, -0.25) is 14.6 Å². The third-order valence-electron chi connectivity index (χ3n) is 6.79. The summed E-state index contributed by atoms with van der Waals surface area (Å²) in [5, 5.41) is 29.4. The standard InChI is InChI=1S/C32H64N2O5/c1-6-7-8-9-10-11-12-13-14-15-16-17-18-19-20-21-32(38)39-31(5)27-34(26-30(4)37)23-22-33(24-28(2)35)25-29(3)36/h13-14,28-31,35-37H,6-12,15-27H2,1-5H3/b14-13-. The quantitative estimate of drug-likeness (QED) is 0.0679. The first-order valence-electron chi connectivity index (χ1n) is 16.0. The molecule has 0 aliphatic rings. The molecule has 0 fully saturated rings. The zero-order valence-electron chi connectivity index (χ0n) is 26.2. The normalized spacial score (nSPS) is 15.2.